The van der Waals surface area contributed by atoms with Crippen LogP contribution < -0.4 is 10.6 Å². The van der Waals surface area contributed by atoms with Crippen LogP contribution in [-0.2, 0) is 18.0 Å². The molecule has 0 spiro atoms. The first kappa shape index (κ1) is 32.8. The number of rotatable bonds is 6. The van der Waals surface area contributed by atoms with Gasteiger partial charge in [-0.3, -0.25) is 19.1 Å². The molecule has 0 bridgehead atoms. The average Bonchev–Trinajstić information content (AvgIpc) is 3.64. The van der Waals surface area contributed by atoms with Crippen molar-refractivity contribution in [2.24, 2.45) is 13.0 Å². The average molecular weight is 670 g/mol. The SMILES string of the molecule is Cl.Cn1c(-c2cn(C3CC3)nc2C(F)(F)F)cnc1C(=O)Nc1ccc(C(=O)N2CCN(C(=O)[C@@H]3CCCNC3)CC2)c(Cl)c1. The molecule has 2 aliphatic heterocycles. The normalized spacial score (nSPS) is 18.8. The third-order valence-electron chi connectivity index (χ3n) is 8.37. The van der Waals surface area contributed by atoms with E-state index in [4.69, 9.17) is 11.6 Å². The minimum absolute atomic E-state index is 0. The van der Waals surface area contributed by atoms with Crippen molar-refractivity contribution in [2.45, 2.75) is 37.9 Å². The lowest BCUT2D eigenvalue weighted by molar-refractivity contribution is -0.141. The molecule has 3 aromatic rings. The standard InChI is InChI=1S/C29H32ClF3N8O3.ClH/c1-38-23(21-16-41(19-5-6-19)37-24(21)29(31,32)33)15-35-25(38)26(42)36-18-4-7-20(22(30)13-18)28(44)40-11-9-39(10-12-40)27(43)17-3-2-8-34-14-17;/h4,7,13,15-17,19,34H,2-3,5-6,8-12,14H2,1H3,(H,36,42);1H/t17-;/m1./s1. The number of anilines is 1. The van der Waals surface area contributed by atoms with Crippen LogP contribution in [0.25, 0.3) is 11.3 Å². The summed E-state index contributed by atoms with van der Waals surface area (Å²) in [6.45, 7) is 3.28. The fourth-order valence-electron chi connectivity index (χ4n) is 5.76. The Balaban J connectivity index is 0.00000400. The fraction of sp³-hybridized carbons (Fsp3) is 0.483. The summed E-state index contributed by atoms with van der Waals surface area (Å²) < 4.78 is 43.8. The summed E-state index contributed by atoms with van der Waals surface area (Å²) in [6, 6.07) is 4.42. The second kappa shape index (κ2) is 13.0. The quantitative estimate of drug-likeness (QED) is 0.406. The molecule has 3 aliphatic rings. The fourth-order valence-corrected chi connectivity index (χ4v) is 6.02. The molecule has 242 valence electrons. The number of carbonyl (C=O) groups is 3. The molecule has 1 atom stereocenters. The van der Waals surface area contributed by atoms with Crippen molar-refractivity contribution in [3.63, 3.8) is 0 Å². The van der Waals surface area contributed by atoms with Crippen LogP contribution in [0, 0.1) is 5.92 Å². The molecule has 3 amide bonds. The van der Waals surface area contributed by atoms with Gasteiger partial charge in [-0.25, -0.2) is 4.98 Å². The highest BCUT2D eigenvalue weighted by molar-refractivity contribution is 6.34. The lowest BCUT2D eigenvalue weighted by Gasteiger charge is -2.37. The maximum absolute atomic E-state index is 13.7. The van der Waals surface area contributed by atoms with Gasteiger partial charge in [0.25, 0.3) is 11.8 Å². The van der Waals surface area contributed by atoms with Gasteiger partial charge in [-0.15, -0.1) is 12.4 Å². The first-order valence-electron chi connectivity index (χ1n) is 14.6. The van der Waals surface area contributed by atoms with Crippen molar-refractivity contribution >= 4 is 47.4 Å². The summed E-state index contributed by atoms with van der Waals surface area (Å²) in [6.07, 6.45) is 1.27. The lowest BCUT2D eigenvalue weighted by atomic mass is 9.98. The Hall–Kier alpha value is -3.62. The van der Waals surface area contributed by atoms with Gasteiger partial charge in [0.15, 0.2) is 11.5 Å². The first-order valence-corrected chi connectivity index (χ1v) is 15.0. The molecular formula is C29H33Cl2F3N8O3. The Labute approximate surface area is 268 Å². The minimum atomic E-state index is -4.67. The molecule has 0 radical (unpaired) electrons. The molecule has 16 heteroatoms. The molecule has 0 unspecified atom stereocenters. The Kier molecular flexibility index (Phi) is 9.47. The number of benzene rings is 1. The van der Waals surface area contributed by atoms with E-state index in [-0.39, 0.29) is 69.5 Å². The predicted molar refractivity (Wildman–Crippen MR) is 162 cm³/mol. The molecule has 6 rings (SSSR count). The number of alkyl halides is 3. The van der Waals surface area contributed by atoms with E-state index < -0.39 is 17.8 Å². The molecule has 2 aromatic heterocycles. The molecule has 4 heterocycles. The topological polar surface area (TPSA) is 117 Å². The van der Waals surface area contributed by atoms with E-state index in [1.165, 1.54) is 46.9 Å². The Morgan fingerprint density at radius 2 is 1.78 bits per heavy atom. The van der Waals surface area contributed by atoms with E-state index in [9.17, 15) is 27.6 Å². The zero-order valence-electron chi connectivity index (χ0n) is 24.4. The zero-order chi connectivity index (χ0) is 31.2. The van der Waals surface area contributed by atoms with Gasteiger partial charge < -0.3 is 25.0 Å². The van der Waals surface area contributed by atoms with Crippen LogP contribution >= 0.6 is 24.0 Å². The van der Waals surface area contributed by atoms with Crippen LogP contribution in [0.4, 0.5) is 18.9 Å². The van der Waals surface area contributed by atoms with Crippen LogP contribution in [0.2, 0.25) is 5.02 Å². The number of aromatic nitrogens is 4. The maximum atomic E-state index is 13.7. The first-order chi connectivity index (χ1) is 21.0. The number of halogens is 5. The summed E-state index contributed by atoms with van der Waals surface area (Å²) in [5.74, 6) is -0.952. The van der Waals surface area contributed by atoms with Crippen molar-refractivity contribution in [1.82, 2.24) is 34.4 Å². The molecule has 2 saturated heterocycles. The number of nitrogens with zero attached hydrogens (tertiary/aromatic N) is 6. The maximum Gasteiger partial charge on any atom is 0.435 e. The lowest BCUT2D eigenvalue weighted by Crippen LogP contribution is -2.53. The van der Waals surface area contributed by atoms with Gasteiger partial charge >= 0.3 is 6.18 Å². The van der Waals surface area contributed by atoms with Crippen molar-refractivity contribution < 1.29 is 27.6 Å². The van der Waals surface area contributed by atoms with E-state index in [1.807, 2.05) is 4.90 Å². The number of hydrogen-bond acceptors (Lipinski definition) is 6. The summed E-state index contributed by atoms with van der Waals surface area (Å²) in [5.41, 5.74) is -0.533. The van der Waals surface area contributed by atoms with Crippen LogP contribution in [0.15, 0.2) is 30.6 Å². The number of piperazine rings is 1. The van der Waals surface area contributed by atoms with Crippen LogP contribution in [0.3, 0.4) is 0 Å². The van der Waals surface area contributed by atoms with Gasteiger partial charge in [-0.05, 0) is 50.4 Å². The van der Waals surface area contributed by atoms with E-state index in [1.54, 1.807) is 4.90 Å². The van der Waals surface area contributed by atoms with E-state index in [0.717, 1.165) is 32.2 Å². The number of imidazole rings is 1. The van der Waals surface area contributed by atoms with E-state index in [2.05, 4.69) is 20.7 Å². The van der Waals surface area contributed by atoms with Crippen LogP contribution in [0.1, 0.15) is 58.4 Å². The van der Waals surface area contributed by atoms with Gasteiger partial charge in [0.2, 0.25) is 5.91 Å². The van der Waals surface area contributed by atoms with Crippen molar-refractivity contribution in [3.05, 3.63) is 52.7 Å². The van der Waals surface area contributed by atoms with Crippen molar-refractivity contribution in [2.75, 3.05) is 44.6 Å². The molecule has 45 heavy (non-hydrogen) atoms. The number of nitrogens with one attached hydrogen (secondary N) is 2. The number of hydrogen-bond donors (Lipinski definition) is 2. The van der Waals surface area contributed by atoms with Crippen LogP contribution in [0.5, 0.6) is 0 Å². The molecular weight excluding hydrogens is 636 g/mol. The smallest absolute Gasteiger partial charge is 0.339 e. The van der Waals surface area contributed by atoms with Gasteiger partial charge in [0.05, 0.1) is 40.0 Å². The van der Waals surface area contributed by atoms with Gasteiger partial charge in [0, 0.05) is 51.7 Å². The second-order valence-electron chi connectivity index (χ2n) is 11.4. The van der Waals surface area contributed by atoms with Crippen molar-refractivity contribution in [3.8, 4) is 11.3 Å². The summed E-state index contributed by atoms with van der Waals surface area (Å²) in [4.78, 5) is 46.7. The molecule has 1 saturated carbocycles. The Morgan fingerprint density at radius 1 is 1.07 bits per heavy atom. The number of piperidine rings is 1. The third-order valence-corrected chi connectivity index (χ3v) is 8.68. The summed E-state index contributed by atoms with van der Waals surface area (Å²) in [5, 5.41) is 9.81. The molecule has 3 fully saturated rings. The molecule has 1 aliphatic carbocycles. The molecule has 2 N–H and O–H groups in total. The highest BCUT2D eigenvalue weighted by Gasteiger charge is 2.40. The number of amides is 3. The second-order valence-corrected chi connectivity index (χ2v) is 11.8. The Bertz CT molecular complexity index is 1590. The Morgan fingerprint density at radius 3 is 2.40 bits per heavy atom. The predicted octanol–water partition coefficient (Wildman–Crippen LogP) is 4.25. The van der Waals surface area contributed by atoms with Crippen LogP contribution in [-0.4, -0.2) is 86.1 Å². The zero-order valence-corrected chi connectivity index (χ0v) is 26.0. The number of carbonyl (C=O) groups excluding carboxylic acids is 3. The molecule has 1 aromatic carbocycles. The van der Waals surface area contributed by atoms with Gasteiger partial charge in [-0.2, -0.15) is 18.3 Å². The monoisotopic (exact) mass is 668 g/mol. The summed E-state index contributed by atoms with van der Waals surface area (Å²) in [7, 11) is 1.46. The highest BCUT2D eigenvalue weighted by Crippen LogP contribution is 2.41. The third kappa shape index (κ3) is 6.82. The van der Waals surface area contributed by atoms with Gasteiger partial charge in [0.1, 0.15) is 0 Å². The van der Waals surface area contributed by atoms with E-state index >= 15 is 0 Å². The van der Waals surface area contributed by atoms with Crippen molar-refractivity contribution in [1.29, 1.82) is 0 Å². The molecule has 11 nitrogen and oxygen atoms in total. The van der Waals surface area contributed by atoms with E-state index in [0.29, 0.717) is 32.7 Å². The van der Waals surface area contributed by atoms with Gasteiger partial charge in [-0.1, -0.05) is 11.6 Å². The summed E-state index contributed by atoms with van der Waals surface area (Å²) >= 11 is 6.46. The largest absolute Gasteiger partial charge is 0.435 e. The minimum Gasteiger partial charge on any atom is -0.339 e. The highest BCUT2D eigenvalue weighted by atomic mass is 35.5.